The van der Waals surface area contributed by atoms with Gasteiger partial charge in [-0.2, -0.15) is 13.2 Å². The minimum Gasteiger partial charge on any atom is -0.364 e. The fraction of sp³-hybridized carbons (Fsp3) is 0.348. The van der Waals surface area contributed by atoms with Crippen LogP contribution in [-0.4, -0.2) is 39.9 Å². The van der Waals surface area contributed by atoms with Crippen LogP contribution >= 0.6 is 0 Å². The number of nitrogens with zero attached hydrogens (tertiary/aromatic N) is 3. The molecule has 4 rings (SSSR count). The Morgan fingerprint density at radius 1 is 1.16 bits per heavy atom. The van der Waals surface area contributed by atoms with Crippen LogP contribution in [-0.2, 0) is 6.18 Å². The smallest absolute Gasteiger partial charge is 0.364 e. The highest BCUT2D eigenvalue weighted by Crippen LogP contribution is 2.33. The van der Waals surface area contributed by atoms with E-state index in [1.165, 1.54) is 17.0 Å². The molecular weight excluding hydrogens is 405 g/mol. The molecule has 1 saturated heterocycles. The van der Waals surface area contributed by atoms with E-state index in [2.05, 4.69) is 15.3 Å². The first-order valence-corrected chi connectivity index (χ1v) is 10.1. The molecule has 2 aromatic carbocycles. The van der Waals surface area contributed by atoms with Crippen molar-refractivity contribution >= 4 is 22.8 Å². The van der Waals surface area contributed by atoms with Crippen molar-refractivity contribution in [3.05, 3.63) is 64.3 Å². The lowest BCUT2D eigenvalue weighted by Gasteiger charge is -2.20. The number of carbonyl (C=O) groups is 1. The molecule has 8 heteroatoms. The number of rotatable bonds is 3. The summed E-state index contributed by atoms with van der Waals surface area (Å²) in [5.74, 6) is -0.0161. The topological polar surface area (TPSA) is 58.1 Å². The van der Waals surface area contributed by atoms with E-state index in [9.17, 15) is 18.0 Å². The van der Waals surface area contributed by atoms with E-state index < -0.39 is 17.6 Å². The van der Waals surface area contributed by atoms with Crippen LogP contribution in [0.1, 0.15) is 39.0 Å². The number of halogens is 3. The molecule has 0 bridgehead atoms. The second-order valence-corrected chi connectivity index (χ2v) is 8.06. The third-order valence-corrected chi connectivity index (χ3v) is 5.78. The monoisotopic (exact) mass is 428 g/mol. The number of aromatic nitrogens is 2. The zero-order valence-electron chi connectivity index (χ0n) is 17.5. The van der Waals surface area contributed by atoms with Crippen molar-refractivity contribution in [2.24, 2.45) is 0 Å². The van der Waals surface area contributed by atoms with Crippen LogP contribution < -0.4 is 5.32 Å². The normalized spacial score (nSPS) is 16.7. The SMILES string of the molecule is Cc1ccc(C(F)(F)F)c(C(=O)N2CCC(Nc3cnc4c(C)c(C)ccc4n3)C2)c1. The Balaban J connectivity index is 1.50. The van der Waals surface area contributed by atoms with Gasteiger partial charge >= 0.3 is 6.18 Å². The molecule has 162 valence electrons. The van der Waals surface area contributed by atoms with Gasteiger partial charge in [-0.3, -0.25) is 9.78 Å². The molecule has 2 heterocycles. The maximum Gasteiger partial charge on any atom is 0.417 e. The Bertz CT molecular complexity index is 1160. The highest BCUT2D eigenvalue weighted by molar-refractivity contribution is 5.96. The fourth-order valence-electron chi connectivity index (χ4n) is 3.92. The number of nitrogens with one attached hydrogen (secondary N) is 1. The quantitative estimate of drug-likeness (QED) is 0.645. The summed E-state index contributed by atoms with van der Waals surface area (Å²) in [5.41, 5.74) is 3.24. The highest BCUT2D eigenvalue weighted by Gasteiger charge is 2.37. The van der Waals surface area contributed by atoms with Crippen LogP contribution in [0, 0.1) is 20.8 Å². The summed E-state index contributed by atoms with van der Waals surface area (Å²) in [6.07, 6.45) is -2.31. The van der Waals surface area contributed by atoms with Gasteiger partial charge in [0.05, 0.1) is 28.4 Å². The van der Waals surface area contributed by atoms with Crippen LogP contribution in [0.15, 0.2) is 36.5 Å². The van der Waals surface area contributed by atoms with E-state index in [-0.39, 0.29) is 11.6 Å². The van der Waals surface area contributed by atoms with Crippen molar-refractivity contribution in [1.29, 1.82) is 0 Å². The Kier molecular flexibility index (Phi) is 5.33. The van der Waals surface area contributed by atoms with Crippen molar-refractivity contribution in [3.8, 4) is 0 Å². The molecule has 1 atom stereocenters. The minimum absolute atomic E-state index is 0.110. The molecule has 3 aromatic rings. The lowest BCUT2D eigenvalue weighted by atomic mass is 10.0. The molecule has 1 fully saturated rings. The summed E-state index contributed by atoms with van der Waals surface area (Å²) in [7, 11) is 0. The Labute approximate surface area is 178 Å². The average Bonchev–Trinajstić information content (AvgIpc) is 3.17. The summed E-state index contributed by atoms with van der Waals surface area (Å²) < 4.78 is 40.1. The van der Waals surface area contributed by atoms with Crippen molar-refractivity contribution in [3.63, 3.8) is 0 Å². The summed E-state index contributed by atoms with van der Waals surface area (Å²) >= 11 is 0. The zero-order valence-corrected chi connectivity index (χ0v) is 17.5. The predicted molar refractivity (Wildman–Crippen MR) is 113 cm³/mol. The molecule has 0 radical (unpaired) electrons. The number of amides is 1. The molecule has 31 heavy (non-hydrogen) atoms. The summed E-state index contributed by atoms with van der Waals surface area (Å²) in [5, 5.41) is 3.27. The van der Waals surface area contributed by atoms with Crippen molar-refractivity contribution in [2.45, 2.75) is 39.4 Å². The van der Waals surface area contributed by atoms with Crippen LogP contribution in [0.5, 0.6) is 0 Å². The van der Waals surface area contributed by atoms with Crippen LogP contribution in [0.2, 0.25) is 0 Å². The number of benzene rings is 2. The largest absolute Gasteiger partial charge is 0.417 e. The molecule has 0 saturated carbocycles. The fourth-order valence-corrected chi connectivity index (χ4v) is 3.92. The second-order valence-electron chi connectivity index (χ2n) is 8.06. The van der Waals surface area contributed by atoms with Gasteiger partial charge in [0.2, 0.25) is 0 Å². The third-order valence-electron chi connectivity index (χ3n) is 5.78. The number of carbonyl (C=O) groups excluding carboxylic acids is 1. The lowest BCUT2D eigenvalue weighted by molar-refractivity contribution is -0.138. The molecule has 1 aliphatic rings. The molecule has 0 aliphatic carbocycles. The van der Waals surface area contributed by atoms with Gasteiger partial charge in [-0.1, -0.05) is 17.7 Å². The maximum absolute atomic E-state index is 13.4. The van der Waals surface area contributed by atoms with E-state index in [0.717, 1.165) is 28.2 Å². The average molecular weight is 428 g/mol. The Hall–Kier alpha value is -3.16. The van der Waals surface area contributed by atoms with Gasteiger partial charge in [0, 0.05) is 19.1 Å². The van der Waals surface area contributed by atoms with Gasteiger partial charge in [0.25, 0.3) is 5.91 Å². The summed E-state index contributed by atoms with van der Waals surface area (Å²) in [4.78, 5) is 23.4. The number of likely N-dealkylation sites (tertiary alicyclic amines) is 1. The Morgan fingerprint density at radius 2 is 1.94 bits per heavy atom. The van der Waals surface area contributed by atoms with Gasteiger partial charge in [-0.15, -0.1) is 0 Å². The van der Waals surface area contributed by atoms with Crippen molar-refractivity contribution < 1.29 is 18.0 Å². The van der Waals surface area contributed by atoms with Gasteiger partial charge in [-0.05, 0) is 56.5 Å². The zero-order chi connectivity index (χ0) is 22.3. The molecule has 1 unspecified atom stereocenters. The minimum atomic E-state index is -4.58. The van der Waals surface area contributed by atoms with Crippen LogP contribution in [0.25, 0.3) is 11.0 Å². The summed E-state index contributed by atoms with van der Waals surface area (Å²) in [6, 6.07) is 7.45. The molecule has 5 nitrogen and oxygen atoms in total. The molecule has 1 aliphatic heterocycles. The standard InChI is InChI=1S/C23H23F3N4O/c1-13-4-6-18(23(24,25)26)17(10-13)22(31)30-9-8-16(12-30)28-20-11-27-21-15(3)14(2)5-7-19(21)29-20/h4-7,10-11,16H,8-9,12H2,1-3H3,(H,28,29). The van der Waals surface area contributed by atoms with E-state index >= 15 is 0 Å². The molecule has 1 aromatic heterocycles. The first kappa shape index (κ1) is 21.1. The van der Waals surface area contributed by atoms with Crippen molar-refractivity contribution in [1.82, 2.24) is 14.9 Å². The van der Waals surface area contributed by atoms with E-state index in [1.54, 1.807) is 13.1 Å². The lowest BCUT2D eigenvalue weighted by Crippen LogP contribution is -2.33. The highest BCUT2D eigenvalue weighted by atomic mass is 19.4. The number of anilines is 1. The number of alkyl halides is 3. The van der Waals surface area contributed by atoms with Gasteiger partial charge < -0.3 is 10.2 Å². The number of fused-ring (bicyclic) bond motifs is 1. The van der Waals surface area contributed by atoms with Gasteiger partial charge in [0.1, 0.15) is 5.82 Å². The Morgan fingerprint density at radius 3 is 2.68 bits per heavy atom. The summed E-state index contributed by atoms with van der Waals surface area (Å²) in [6.45, 7) is 6.37. The molecule has 0 spiro atoms. The number of hydrogen-bond acceptors (Lipinski definition) is 4. The molecule has 1 amide bonds. The number of hydrogen-bond donors (Lipinski definition) is 1. The molecular formula is C23H23F3N4O. The number of aryl methyl sites for hydroxylation is 3. The van der Waals surface area contributed by atoms with E-state index in [1.807, 2.05) is 26.0 Å². The molecule has 1 N–H and O–H groups in total. The van der Waals surface area contributed by atoms with Crippen LogP contribution in [0.3, 0.4) is 0 Å². The third kappa shape index (κ3) is 4.19. The van der Waals surface area contributed by atoms with Gasteiger partial charge in [0.15, 0.2) is 0 Å². The maximum atomic E-state index is 13.4. The van der Waals surface area contributed by atoms with E-state index in [4.69, 9.17) is 0 Å². The van der Waals surface area contributed by atoms with Crippen molar-refractivity contribution in [2.75, 3.05) is 18.4 Å². The van der Waals surface area contributed by atoms with E-state index in [0.29, 0.717) is 30.9 Å². The second kappa shape index (κ2) is 7.83. The first-order valence-electron chi connectivity index (χ1n) is 10.1. The van der Waals surface area contributed by atoms with Gasteiger partial charge in [-0.25, -0.2) is 4.98 Å². The first-order chi connectivity index (χ1) is 14.6. The predicted octanol–water partition coefficient (Wildman–Crippen LogP) is 4.90. The van der Waals surface area contributed by atoms with Crippen LogP contribution in [0.4, 0.5) is 19.0 Å².